The predicted molar refractivity (Wildman–Crippen MR) is 62.6 cm³/mol. The van der Waals surface area contributed by atoms with E-state index in [0.717, 1.165) is 6.42 Å². The highest BCUT2D eigenvalue weighted by Crippen LogP contribution is 1.93. The van der Waals surface area contributed by atoms with Crippen LogP contribution in [0, 0.1) is 0 Å². The lowest BCUT2D eigenvalue weighted by atomic mass is 10.2. The van der Waals surface area contributed by atoms with Crippen molar-refractivity contribution in [2.45, 2.75) is 25.4 Å². The number of ether oxygens (including phenoxy) is 1. The highest BCUT2D eigenvalue weighted by Gasteiger charge is 2.04. The van der Waals surface area contributed by atoms with Gasteiger partial charge in [0.15, 0.2) is 5.78 Å². The molecule has 0 aromatic carbocycles. The minimum Gasteiger partial charge on any atom is -0.392 e. The third kappa shape index (κ3) is 11.7. The van der Waals surface area contributed by atoms with Gasteiger partial charge in [-0.15, -0.1) is 0 Å². The maximum absolute atomic E-state index is 11.1. The Morgan fingerprint density at radius 3 is 2.82 bits per heavy atom. The largest absolute Gasteiger partial charge is 0.392 e. The standard InChI is InChI=1S/C11H23NO5/c1-15-7-5-10(13)8-12-6-3-4-11(14)9-17-16-2/h10,12-13H,3-9H2,1-2H3. The number of carbonyl (C=O) groups is 1. The fraction of sp³-hybridized carbons (Fsp3) is 0.909. The van der Waals surface area contributed by atoms with Crippen LogP contribution in [0.1, 0.15) is 19.3 Å². The molecular weight excluding hydrogens is 226 g/mol. The average molecular weight is 249 g/mol. The van der Waals surface area contributed by atoms with Gasteiger partial charge in [0.05, 0.1) is 13.2 Å². The van der Waals surface area contributed by atoms with Gasteiger partial charge in [-0.3, -0.25) is 4.79 Å². The summed E-state index contributed by atoms with van der Waals surface area (Å²) < 4.78 is 4.85. The van der Waals surface area contributed by atoms with Gasteiger partial charge in [0.2, 0.25) is 0 Å². The number of rotatable bonds is 12. The topological polar surface area (TPSA) is 77.0 Å². The second-order valence-electron chi connectivity index (χ2n) is 3.71. The van der Waals surface area contributed by atoms with Gasteiger partial charge >= 0.3 is 0 Å². The average Bonchev–Trinajstić information content (AvgIpc) is 2.33. The van der Waals surface area contributed by atoms with Gasteiger partial charge in [-0.2, -0.15) is 0 Å². The van der Waals surface area contributed by atoms with Gasteiger partial charge in [-0.25, -0.2) is 9.78 Å². The Morgan fingerprint density at radius 1 is 1.41 bits per heavy atom. The smallest absolute Gasteiger partial charge is 0.161 e. The van der Waals surface area contributed by atoms with Crippen molar-refractivity contribution >= 4 is 5.78 Å². The molecule has 0 bridgehead atoms. The van der Waals surface area contributed by atoms with Crippen LogP contribution in [0.5, 0.6) is 0 Å². The summed E-state index contributed by atoms with van der Waals surface area (Å²) in [5, 5.41) is 12.5. The second-order valence-corrected chi connectivity index (χ2v) is 3.71. The van der Waals surface area contributed by atoms with Gasteiger partial charge in [-0.05, 0) is 19.4 Å². The van der Waals surface area contributed by atoms with Gasteiger partial charge in [0.25, 0.3) is 0 Å². The minimum atomic E-state index is -0.400. The van der Waals surface area contributed by atoms with Gasteiger partial charge in [0, 0.05) is 26.7 Å². The van der Waals surface area contributed by atoms with Crippen molar-refractivity contribution in [1.29, 1.82) is 0 Å². The minimum absolute atomic E-state index is 0.00698. The maximum atomic E-state index is 11.1. The summed E-state index contributed by atoms with van der Waals surface area (Å²) in [6.45, 7) is 1.76. The first-order valence-corrected chi connectivity index (χ1v) is 5.75. The van der Waals surface area contributed by atoms with E-state index >= 15 is 0 Å². The number of hydrogen-bond donors (Lipinski definition) is 2. The normalized spacial score (nSPS) is 12.6. The number of aliphatic hydroxyl groups is 1. The van der Waals surface area contributed by atoms with Crippen LogP contribution in [-0.2, 0) is 19.3 Å². The van der Waals surface area contributed by atoms with Crippen molar-refractivity contribution in [1.82, 2.24) is 5.32 Å². The molecule has 0 radical (unpaired) electrons. The molecule has 0 aliphatic rings. The zero-order valence-corrected chi connectivity index (χ0v) is 10.6. The molecule has 0 aromatic rings. The molecule has 0 amide bonds. The van der Waals surface area contributed by atoms with Crippen molar-refractivity contribution in [2.24, 2.45) is 0 Å². The number of hydrogen-bond acceptors (Lipinski definition) is 6. The summed E-state index contributed by atoms with van der Waals surface area (Å²) in [7, 11) is 2.98. The Balaban J connectivity index is 3.25. The number of carbonyl (C=O) groups excluding carboxylic acids is 1. The van der Waals surface area contributed by atoms with E-state index in [9.17, 15) is 9.90 Å². The van der Waals surface area contributed by atoms with Crippen LogP contribution in [0.2, 0.25) is 0 Å². The van der Waals surface area contributed by atoms with Crippen LogP contribution in [-0.4, -0.2) is 57.5 Å². The molecule has 102 valence electrons. The quantitative estimate of drug-likeness (QED) is 0.286. The number of methoxy groups -OCH3 is 1. The number of nitrogens with one attached hydrogen (secondary N) is 1. The molecule has 2 N–H and O–H groups in total. The van der Waals surface area contributed by atoms with Crippen LogP contribution in [0.4, 0.5) is 0 Å². The molecule has 1 atom stereocenters. The molecule has 6 nitrogen and oxygen atoms in total. The fourth-order valence-electron chi connectivity index (χ4n) is 1.23. The lowest BCUT2D eigenvalue weighted by molar-refractivity contribution is -0.267. The van der Waals surface area contributed by atoms with Gasteiger partial charge in [0.1, 0.15) is 6.61 Å². The molecule has 0 saturated carbocycles. The molecule has 0 rings (SSSR count). The van der Waals surface area contributed by atoms with E-state index in [1.165, 1.54) is 7.11 Å². The Bertz CT molecular complexity index is 189. The van der Waals surface area contributed by atoms with Crippen molar-refractivity contribution in [2.75, 3.05) is 40.5 Å². The van der Waals surface area contributed by atoms with E-state index in [1.54, 1.807) is 7.11 Å². The van der Waals surface area contributed by atoms with E-state index < -0.39 is 6.10 Å². The van der Waals surface area contributed by atoms with Crippen LogP contribution in [0.15, 0.2) is 0 Å². The second kappa shape index (κ2) is 11.9. The van der Waals surface area contributed by atoms with Crippen molar-refractivity contribution in [3.8, 4) is 0 Å². The third-order valence-corrected chi connectivity index (χ3v) is 2.18. The maximum Gasteiger partial charge on any atom is 0.161 e. The first kappa shape index (κ1) is 16.5. The zero-order valence-electron chi connectivity index (χ0n) is 10.6. The van der Waals surface area contributed by atoms with Crippen molar-refractivity contribution < 1.29 is 24.4 Å². The van der Waals surface area contributed by atoms with E-state index in [-0.39, 0.29) is 12.4 Å². The van der Waals surface area contributed by atoms with Crippen LogP contribution in [0.25, 0.3) is 0 Å². The third-order valence-electron chi connectivity index (χ3n) is 2.18. The molecule has 1 unspecified atom stereocenters. The molecule has 0 aromatic heterocycles. The predicted octanol–water partition coefficient (Wildman–Crippen LogP) is -0.0993. The summed E-state index contributed by atoms with van der Waals surface area (Å²) in [6, 6.07) is 0. The lowest BCUT2D eigenvalue weighted by Crippen LogP contribution is -2.28. The lowest BCUT2D eigenvalue weighted by Gasteiger charge is -2.10. The highest BCUT2D eigenvalue weighted by atomic mass is 17.2. The SMILES string of the molecule is COCCC(O)CNCCCC(=O)COOC. The van der Waals surface area contributed by atoms with E-state index in [4.69, 9.17) is 4.74 Å². The van der Waals surface area contributed by atoms with Gasteiger partial charge in [-0.1, -0.05) is 0 Å². The van der Waals surface area contributed by atoms with E-state index in [2.05, 4.69) is 15.1 Å². The molecule has 0 aliphatic carbocycles. The Hall–Kier alpha value is -0.530. The first-order valence-electron chi connectivity index (χ1n) is 5.75. The van der Waals surface area contributed by atoms with Crippen LogP contribution in [0.3, 0.4) is 0 Å². The number of aliphatic hydroxyl groups excluding tert-OH is 1. The molecule has 6 heteroatoms. The fourth-order valence-corrected chi connectivity index (χ4v) is 1.23. The summed E-state index contributed by atoms with van der Waals surface area (Å²) in [5.74, 6) is 0.00795. The molecule has 0 heterocycles. The van der Waals surface area contributed by atoms with Crippen LogP contribution >= 0.6 is 0 Å². The Kier molecular flexibility index (Phi) is 11.6. The number of Topliss-reactive ketones (excluding diaryl/α,β-unsaturated/α-hetero) is 1. The molecule has 17 heavy (non-hydrogen) atoms. The monoisotopic (exact) mass is 249 g/mol. The highest BCUT2D eigenvalue weighted by molar-refractivity contribution is 5.79. The molecular formula is C11H23NO5. The van der Waals surface area contributed by atoms with Crippen LogP contribution < -0.4 is 5.32 Å². The first-order chi connectivity index (χ1) is 8.20. The van der Waals surface area contributed by atoms with Crippen molar-refractivity contribution in [3.63, 3.8) is 0 Å². The van der Waals surface area contributed by atoms with E-state index in [1.807, 2.05) is 0 Å². The zero-order chi connectivity index (χ0) is 12.9. The Morgan fingerprint density at radius 2 is 2.18 bits per heavy atom. The molecule has 0 spiro atoms. The Labute approximate surface area is 102 Å². The summed E-state index contributed by atoms with van der Waals surface area (Å²) in [4.78, 5) is 20.0. The summed E-state index contributed by atoms with van der Waals surface area (Å²) in [5.41, 5.74) is 0. The van der Waals surface area contributed by atoms with Crippen molar-refractivity contribution in [3.05, 3.63) is 0 Å². The summed E-state index contributed by atoms with van der Waals surface area (Å²) in [6.07, 6.45) is 1.39. The summed E-state index contributed by atoms with van der Waals surface area (Å²) >= 11 is 0. The van der Waals surface area contributed by atoms with E-state index in [0.29, 0.717) is 32.5 Å². The molecule has 0 aliphatic heterocycles. The number of ketones is 1. The molecule has 0 saturated heterocycles. The molecule has 0 fully saturated rings. The van der Waals surface area contributed by atoms with Gasteiger partial charge < -0.3 is 15.2 Å².